The van der Waals surface area contributed by atoms with Gasteiger partial charge in [-0.3, -0.25) is 4.79 Å². The number of carbonyl (C=O) groups is 1. The minimum absolute atomic E-state index is 0. The Morgan fingerprint density at radius 1 is 1.23 bits per heavy atom. The van der Waals surface area contributed by atoms with Gasteiger partial charge in [-0.25, -0.2) is 0 Å². The van der Waals surface area contributed by atoms with Crippen molar-refractivity contribution in [3.05, 3.63) is 35.4 Å². The van der Waals surface area contributed by atoms with Gasteiger partial charge in [0.15, 0.2) is 0 Å². The molecular formula is C15H22ClF3N2O. The summed E-state index contributed by atoms with van der Waals surface area (Å²) >= 11 is 0. The topological polar surface area (TPSA) is 55.1 Å². The van der Waals surface area contributed by atoms with E-state index in [1.807, 2.05) is 0 Å². The number of benzene rings is 1. The van der Waals surface area contributed by atoms with Crippen molar-refractivity contribution in [2.24, 2.45) is 11.7 Å². The van der Waals surface area contributed by atoms with Crippen molar-refractivity contribution in [2.75, 3.05) is 13.1 Å². The molecule has 7 heteroatoms. The molecule has 0 radical (unpaired) electrons. The molecule has 0 aliphatic rings. The Morgan fingerprint density at radius 2 is 1.82 bits per heavy atom. The number of amides is 1. The van der Waals surface area contributed by atoms with E-state index in [0.717, 1.165) is 25.0 Å². The molecule has 0 heterocycles. The molecule has 0 aliphatic heterocycles. The van der Waals surface area contributed by atoms with Gasteiger partial charge in [-0.1, -0.05) is 19.1 Å². The summed E-state index contributed by atoms with van der Waals surface area (Å²) in [5, 5.41) is 2.80. The van der Waals surface area contributed by atoms with Crippen molar-refractivity contribution in [3.8, 4) is 0 Å². The first-order valence-electron chi connectivity index (χ1n) is 6.98. The molecule has 0 bridgehead atoms. The third-order valence-electron chi connectivity index (χ3n) is 3.20. The average Bonchev–Trinajstić information content (AvgIpc) is 2.43. The Hall–Kier alpha value is -1.27. The first kappa shape index (κ1) is 20.7. The molecule has 1 rings (SSSR count). The molecule has 1 unspecified atom stereocenters. The zero-order chi connectivity index (χ0) is 15.9. The maximum atomic E-state index is 12.4. The number of unbranched alkanes of at least 4 members (excludes halogenated alkanes) is 1. The van der Waals surface area contributed by atoms with Crippen molar-refractivity contribution in [1.82, 2.24) is 5.32 Å². The zero-order valence-electron chi connectivity index (χ0n) is 12.5. The van der Waals surface area contributed by atoms with Crippen LogP contribution in [0.2, 0.25) is 0 Å². The van der Waals surface area contributed by atoms with Crippen LogP contribution in [0.25, 0.3) is 0 Å². The number of carbonyl (C=O) groups excluding carboxylic acids is 1. The maximum Gasteiger partial charge on any atom is 0.416 e. The molecule has 22 heavy (non-hydrogen) atoms. The van der Waals surface area contributed by atoms with Crippen LogP contribution in [-0.4, -0.2) is 19.0 Å². The van der Waals surface area contributed by atoms with Crippen LogP contribution in [0.15, 0.2) is 24.3 Å². The van der Waals surface area contributed by atoms with Crippen molar-refractivity contribution in [2.45, 2.75) is 32.4 Å². The lowest BCUT2D eigenvalue weighted by Crippen LogP contribution is -2.31. The molecule has 0 fully saturated rings. The van der Waals surface area contributed by atoms with Gasteiger partial charge in [-0.15, -0.1) is 12.4 Å². The molecule has 126 valence electrons. The summed E-state index contributed by atoms with van der Waals surface area (Å²) in [6, 6.07) is 4.92. The van der Waals surface area contributed by atoms with Crippen molar-refractivity contribution >= 4 is 18.3 Å². The first-order valence-corrected chi connectivity index (χ1v) is 6.98. The standard InChI is InChI=1S/C15H21F3N2O.ClH/c1-11(14(21)20-9-3-2-8-19)10-12-4-6-13(7-5-12)15(16,17)18;/h4-7,11H,2-3,8-10,19H2,1H3,(H,20,21);1H. The second-order valence-corrected chi connectivity index (χ2v) is 5.09. The van der Waals surface area contributed by atoms with Crippen molar-refractivity contribution in [1.29, 1.82) is 0 Å². The smallest absolute Gasteiger partial charge is 0.356 e. The van der Waals surface area contributed by atoms with Gasteiger partial charge in [0.05, 0.1) is 5.56 Å². The van der Waals surface area contributed by atoms with Gasteiger partial charge in [0, 0.05) is 12.5 Å². The van der Waals surface area contributed by atoms with Crippen LogP contribution in [0.3, 0.4) is 0 Å². The molecule has 1 aromatic carbocycles. The van der Waals surface area contributed by atoms with Crippen LogP contribution in [-0.2, 0) is 17.4 Å². The van der Waals surface area contributed by atoms with E-state index < -0.39 is 11.7 Å². The van der Waals surface area contributed by atoms with Crippen molar-refractivity contribution < 1.29 is 18.0 Å². The van der Waals surface area contributed by atoms with Crippen LogP contribution in [0.5, 0.6) is 0 Å². The summed E-state index contributed by atoms with van der Waals surface area (Å²) in [7, 11) is 0. The van der Waals surface area contributed by atoms with Gasteiger partial charge >= 0.3 is 6.18 Å². The number of rotatable bonds is 7. The summed E-state index contributed by atoms with van der Waals surface area (Å²) < 4.78 is 37.3. The van der Waals surface area contributed by atoms with Crippen LogP contribution in [0.4, 0.5) is 13.2 Å². The minimum atomic E-state index is -4.33. The van der Waals surface area contributed by atoms with Crippen molar-refractivity contribution in [3.63, 3.8) is 0 Å². The second-order valence-electron chi connectivity index (χ2n) is 5.09. The fraction of sp³-hybridized carbons (Fsp3) is 0.533. The predicted molar refractivity (Wildman–Crippen MR) is 82.9 cm³/mol. The zero-order valence-corrected chi connectivity index (χ0v) is 13.3. The normalized spacial score (nSPS) is 12.4. The van der Waals surface area contributed by atoms with E-state index in [2.05, 4.69) is 5.32 Å². The van der Waals surface area contributed by atoms with Gasteiger partial charge in [0.1, 0.15) is 0 Å². The van der Waals surface area contributed by atoms with Gasteiger partial charge in [0.25, 0.3) is 0 Å². The Balaban J connectivity index is 0.00000441. The molecule has 1 amide bonds. The molecule has 3 nitrogen and oxygen atoms in total. The molecule has 0 aromatic heterocycles. The van der Waals surface area contributed by atoms with E-state index in [-0.39, 0.29) is 24.2 Å². The predicted octanol–water partition coefficient (Wildman–Crippen LogP) is 3.16. The lowest BCUT2D eigenvalue weighted by Gasteiger charge is -2.13. The second kappa shape index (κ2) is 9.69. The molecule has 1 atom stereocenters. The van der Waals surface area contributed by atoms with E-state index >= 15 is 0 Å². The van der Waals surface area contributed by atoms with E-state index in [1.165, 1.54) is 12.1 Å². The van der Waals surface area contributed by atoms with Crippen LogP contribution >= 0.6 is 12.4 Å². The maximum absolute atomic E-state index is 12.4. The SMILES string of the molecule is CC(Cc1ccc(C(F)(F)F)cc1)C(=O)NCCCCN.Cl. The van der Waals surface area contributed by atoms with E-state index in [4.69, 9.17) is 5.73 Å². The summed E-state index contributed by atoms with van der Waals surface area (Å²) in [5.74, 6) is -0.369. The number of hydrogen-bond donors (Lipinski definition) is 2. The lowest BCUT2D eigenvalue weighted by atomic mass is 9.99. The van der Waals surface area contributed by atoms with Gasteiger partial charge in [-0.2, -0.15) is 13.2 Å². The van der Waals surface area contributed by atoms with Crippen LogP contribution < -0.4 is 11.1 Å². The molecule has 0 spiro atoms. The average molecular weight is 339 g/mol. The van der Waals surface area contributed by atoms with Gasteiger partial charge in [-0.05, 0) is 43.5 Å². The Morgan fingerprint density at radius 3 is 2.32 bits per heavy atom. The molecule has 3 N–H and O–H groups in total. The number of nitrogens with one attached hydrogen (secondary N) is 1. The monoisotopic (exact) mass is 338 g/mol. The van der Waals surface area contributed by atoms with Crippen LogP contribution in [0.1, 0.15) is 30.9 Å². The summed E-state index contributed by atoms with van der Waals surface area (Å²) in [6.45, 7) is 2.93. The Bertz CT molecular complexity index is 449. The summed E-state index contributed by atoms with van der Waals surface area (Å²) in [4.78, 5) is 11.8. The highest BCUT2D eigenvalue weighted by Crippen LogP contribution is 2.29. The third kappa shape index (κ3) is 7.13. The third-order valence-corrected chi connectivity index (χ3v) is 3.20. The van der Waals surface area contributed by atoms with E-state index in [0.29, 0.717) is 25.1 Å². The molecular weight excluding hydrogens is 317 g/mol. The lowest BCUT2D eigenvalue weighted by molar-refractivity contribution is -0.137. The largest absolute Gasteiger partial charge is 0.416 e. The van der Waals surface area contributed by atoms with E-state index in [1.54, 1.807) is 6.92 Å². The number of hydrogen-bond acceptors (Lipinski definition) is 2. The number of alkyl halides is 3. The highest BCUT2D eigenvalue weighted by molar-refractivity contribution is 5.85. The minimum Gasteiger partial charge on any atom is -0.356 e. The molecule has 0 saturated heterocycles. The summed E-state index contributed by atoms with van der Waals surface area (Å²) in [6.07, 6.45) is -2.23. The highest BCUT2D eigenvalue weighted by atomic mass is 35.5. The fourth-order valence-electron chi connectivity index (χ4n) is 1.93. The molecule has 0 aliphatic carbocycles. The molecule has 1 aromatic rings. The molecule has 0 saturated carbocycles. The first-order chi connectivity index (χ1) is 9.84. The Kier molecular flexibility index (Phi) is 9.13. The van der Waals surface area contributed by atoms with Gasteiger partial charge in [0.2, 0.25) is 5.91 Å². The fourth-order valence-corrected chi connectivity index (χ4v) is 1.93. The number of halogens is 4. The number of nitrogens with two attached hydrogens (primary N) is 1. The van der Waals surface area contributed by atoms with E-state index in [9.17, 15) is 18.0 Å². The highest BCUT2D eigenvalue weighted by Gasteiger charge is 2.30. The van der Waals surface area contributed by atoms with Crippen LogP contribution in [0, 0.1) is 5.92 Å². The van der Waals surface area contributed by atoms with Gasteiger partial charge < -0.3 is 11.1 Å². The Labute approximate surface area is 134 Å². The summed E-state index contributed by atoms with van der Waals surface area (Å²) in [5.41, 5.74) is 5.40. The quantitative estimate of drug-likeness (QED) is 0.750.